The zero-order chi connectivity index (χ0) is 84.9. The van der Waals surface area contributed by atoms with E-state index in [1.54, 1.807) is 0 Å². The molecule has 22 aliphatic rings. The van der Waals surface area contributed by atoms with E-state index in [0.29, 0.717) is 4.57 Å². The van der Waals surface area contributed by atoms with Crippen molar-refractivity contribution in [3.63, 3.8) is 0 Å². The topological polar surface area (TPSA) is 753 Å². The summed E-state index contributed by atoms with van der Waals surface area (Å²) in [5.74, 6) is -8.48. The predicted molar refractivity (Wildman–Crippen MR) is 359 cm³/mol. The largest absolute Gasteiger partial charge is 0.475 e. The van der Waals surface area contributed by atoms with Crippen molar-refractivity contribution in [1.29, 1.82) is 0 Å². The van der Waals surface area contributed by atoms with E-state index in [2.05, 4.69) is 29.4 Å². The average molecular weight is 1730 g/mol. The van der Waals surface area contributed by atoms with Crippen LogP contribution < -0.4 is 22.1 Å². The molecule has 0 spiro atoms. The highest BCUT2D eigenvalue weighted by atomic mass is 32.2. The number of halogens is 2. The van der Waals surface area contributed by atoms with Crippen LogP contribution in [0.2, 0.25) is 0 Å². The highest BCUT2D eigenvalue weighted by Gasteiger charge is 2.62. The highest BCUT2D eigenvalue weighted by molar-refractivity contribution is 7.99. The molecule has 22 fully saturated rings. The van der Waals surface area contributed by atoms with E-state index in [4.69, 9.17) is 81.5 Å². The van der Waals surface area contributed by atoms with Gasteiger partial charge < -0.3 is 204 Å². The van der Waals surface area contributed by atoms with Crippen molar-refractivity contribution in [3.8, 4) is 0 Å². The number of aliphatic hydroxyl groups excluding tert-OH is 20. The number of anilines is 1. The summed E-state index contributed by atoms with van der Waals surface area (Å²) in [6.07, 6.45) is -78.4. The van der Waals surface area contributed by atoms with Gasteiger partial charge in [-0.25, -0.2) is 18.7 Å². The molecule has 54 heteroatoms. The van der Waals surface area contributed by atoms with Crippen LogP contribution in [0.15, 0.2) is 17.1 Å². The Morgan fingerprint density at radius 1 is 0.526 bits per heavy atom. The van der Waals surface area contributed by atoms with Gasteiger partial charge in [0.2, 0.25) is 18.9 Å². The summed E-state index contributed by atoms with van der Waals surface area (Å²) in [4.78, 5) is 64.0. The predicted octanol–water partition coefficient (Wildman–Crippen LogP) is -15.1. The lowest BCUT2D eigenvalue weighted by Gasteiger charge is -2.50. The second kappa shape index (κ2) is 41.0. The van der Waals surface area contributed by atoms with E-state index in [1.807, 2.05) is 0 Å². The van der Waals surface area contributed by atoms with Crippen LogP contribution in [0.3, 0.4) is 0 Å². The Morgan fingerprint density at radius 3 is 1.23 bits per heavy atom. The standard InChI is InChI=1S/C62H98F2N5O45PS/c1-3-19-44-30(77)37(84)53(100-19)109-45-20(8-70)102-55(39(86)32(45)79)112-48-23(11-73)105-58(42(89)35(48)82)114-50-26(16-116-15-18(66-2)52(92)67-6-4-28(75)96-14-29(76)97-17-99-115(94,95)98-13-25-51(91)62(63,64)60(107-25)69-7-5-27(65)68-61(69)93)106-59(43(90)36(50)83)113-49-24(12-74)104-57(41(88)34(49)81)111-47-22(10-72)103-56(40(87)33(47)80)110-46-21(9-71)101-54(108-44)38(85)31(46)78/h5,7,18-26,30-51,53-60,66,70-74,77-91H,3-4,6,8-17H2,1-2H3,(H,67,92)(H,94,95)(H2,65,68,93)/t18-,19?,20?,21?,22?,23?,24?,25-,26?,30-,31-,32-,33-,34-,35-,36-,37?,38?,39?,40?,41?,42?,43?,44-,45-,46-,47-,48-,49-,50-,51-,53-,54-,55+,56-,57-,58-,59+,60-/m1/s1. The molecule has 0 aromatic carbocycles. The fraction of sp³-hybridized carbons (Fsp3) is 0.887. The minimum absolute atomic E-state index is 0.100. The van der Waals surface area contributed by atoms with Crippen LogP contribution in [0.4, 0.5) is 14.6 Å². The lowest BCUT2D eigenvalue weighted by Crippen LogP contribution is -2.68. The number of aliphatic hydroxyl groups is 20. The van der Waals surface area contributed by atoms with Gasteiger partial charge in [-0.2, -0.15) is 25.5 Å². The summed E-state index contributed by atoms with van der Waals surface area (Å²) in [7, 11) is -3.93. The van der Waals surface area contributed by atoms with E-state index >= 15 is 0 Å². The number of nitrogen functional groups attached to an aromatic ring is 1. The summed E-state index contributed by atoms with van der Waals surface area (Å²) in [5.41, 5.74) is 4.11. The third-order valence-corrected chi connectivity index (χ3v) is 22.4. The summed E-state index contributed by atoms with van der Waals surface area (Å²) in [5, 5.41) is 231. The fourth-order valence-electron chi connectivity index (χ4n) is 13.9. The minimum Gasteiger partial charge on any atom is -0.454 e. The van der Waals surface area contributed by atoms with Gasteiger partial charge >= 0.3 is 31.4 Å². The number of rotatable bonds is 24. The quantitative estimate of drug-likeness (QED) is 0.0260. The number of nitrogens with two attached hydrogens (primary N) is 1. The number of carbonyl (C=O) groups excluding carboxylic acids is 3. The first-order valence-corrected chi connectivity index (χ1v) is 38.9. The molecule has 22 saturated heterocycles. The molecule has 23 rings (SSSR count). The Kier molecular flexibility index (Phi) is 33.3. The number of nitrogens with one attached hydrogen (secondary N) is 2. The van der Waals surface area contributed by atoms with Gasteiger partial charge in [0.15, 0.2) is 56.7 Å². The number of likely N-dealkylation sites (N-methyl/N-ethyl adjacent to an activating group) is 1. The van der Waals surface area contributed by atoms with Crippen LogP contribution in [-0.2, 0) is 109 Å². The number of hydrogen-bond donors (Lipinski definition) is 24. The van der Waals surface area contributed by atoms with Crippen molar-refractivity contribution < 1.29 is 224 Å². The number of aromatic nitrogens is 2. The van der Waals surface area contributed by atoms with Crippen LogP contribution in [0.5, 0.6) is 0 Å². The summed E-state index contributed by atoms with van der Waals surface area (Å²) < 4.78 is 148. The SMILES string of the molecule is CCC1O[C@@H]2O[C@@H]3C(CO)O[C@@H](O[C@@H]4C(CO)O[C@H](O[C@@H]5C(CSC[C@@H](NC)C(=O)NCCC(=O)OCC(=O)OCOP(=O)(O)OC[C@H]6O[C@@H](n7ccc(N)nc7=O)C(F)(F)[C@@H]6O)O[C@@H](O[C@@H]6C(CO)O[C@H](O[C@@H]7C(CO)O[C@H](O[C@@H]8C(CO)O[C@H](O[C@H]1[C@H](O)C2O)C(O)[C@H]8O)C(O)[C@H]7O)C(O)[C@H]6O)C(O)[C@H]5O)C(O)[C@H]4O)C(O)[C@H]3O. The zero-order valence-corrected chi connectivity index (χ0v) is 62.8. The average Bonchev–Trinajstić information content (AvgIpc) is 1.39. The van der Waals surface area contributed by atoms with Gasteiger partial charge in [-0.3, -0.25) is 18.7 Å². The molecule has 0 saturated carbocycles. The molecule has 14 bridgehead atoms. The third-order valence-electron chi connectivity index (χ3n) is 20.4. The number of ether oxygens (including phenoxy) is 17. The second-order valence-corrected chi connectivity index (χ2v) is 30.5. The Labute approximate surface area is 657 Å². The molecule has 1 amide bonds. The van der Waals surface area contributed by atoms with E-state index < -0.39 is 348 Å². The molecule has 0 aliphatic carbocycles. The van der Waals surface area contributed by atoms with Gasteiger partial charge in [0.25, 0.3) is 0 Å². The number of thioether (sulfide) groups is 1. The first-order chi connectivity index (χ1) is 55.0. The molecule has 22 aliphatic heterocycles. The molecule has 1 aromatic heterocycles. The maximum Gasteiger partial charge on any atom is 0.475 e. The number of nitrogens with zero attached hydrogens (tertiary/aromatic N) is 2. The van der Waals surface area contributed by atoms with Crippen LogP contribution in [0, 0.1) is 0 Å². The third kappa shape index (κ3) is 21.1. The Hall–Kier alpha value is -4.03. The smallest absolute Gasteiger partial charge is 0.454 e. The van der Waals surface area contributed by atoms with Crippen LogP contribution in [0.25, 0.3) is 0 Å². The number of alkyl halides is 2. The number of carbonyl (C=O) groups is 3. The number of esters is 2. The lowest BCUT2D eigenvalue weighted by molar-refractivity contribution is -0.395. The molecule has 25 N–H and O–H groups in total. The highest BCUT2D eigenvalue weighted by Crippen LogP contribution is 2.48. The molecule has 40 atom stereocenters. The number of hydrogen-bond acceptors (Lipinski definition) is 48. The maximum atomic E-state index is 14.9. The van der Waals surface area contributed by atoms with Crippen molar-refractivity contribution in [2.24, 2.45) is 0 Å². The normalized spacial score (nSPS) is 44.5. The van der Waals surface area contributed by atoms with Crippen molar-refractivity contribution in [1.82, 2.24) is 20.2 Å². The molecule has 116 heavy (non-hydrogen) atoms. The Bertz CT molecular complexity index is 3430. The molecular weight excluding hydrogens is 1640 g/mol. The van der Waals surface area contributed by atoms with Gasteiger partial charge in [0.05, 0.1) is 64.3 Å². The summed E-state index contributed by atoms with van der Waals surface area (Å²) >= 11 is 0.837. The zero-order valence-electron chi connectivity index (χ0n) is 61.1. The van der Waals surface area contributed by atoms with Gasteiger partial charge in [-0.1, -0.05) is 6.92 Å². The molecule has 0 radical (unpaired) electrons. The molecular formula is C62H98F2N5O45PS. The van der Waals surface area contributed by atoms with E-state index in [9.17, 15) is 140 Å². The van der Waals surface area contributed by atoms with Crippen molar-refractivity contribution in [3.05, 3.63) is 22.7 Å². The van der Waals surface area contributed by atoms with E-state index in [0.717, 1.165) is 24.0 Å². The molecule has 50 nitrogen and oxygen atoms in total. The minimum atomic E-state index is -5.27. The van der Waals surface area contributed by atoms with Crippen LogP contribution in [0.1, 0.15) is 26.0 Å². The number of amides is 1. The first-order valence-electron chi connectivity index (χ1n) is 36.2. The number of phosphoric ester groups is 1. The maximum absolute atomic E-state index is 14.9. The summed E-state index contributed by atoms with van der Waals surface area (Å²) in [6, 6.07) is -0.208. The van der Waals surface area contributed by atoms with Gasteiger partial charge in [0.1, 0.15) is 171 Å². The van der Waals surface area contributed by atoms with Crippen LogP contribution >= 0.6 is 19.6 Å². The molecule has 666 valence electrons. The van der Waals surface area contributed by atoms with Crippen molar-refractivity contribution in [2.45, 2.75) is 265 Å². The van der Waals surface area contributed by atoms with Gasteiger partial charge in [0, 0.05) is 24.2 Å². The Balaban J connectivity index is 0.804. The van der Waals surface area contributed by atoms with Gasteiger partial charge in [-0.05, 0) is 19.5 Å². The van der Waals surface area contributed by atoms with Crippen molar-refractivity contribution in [2.75, 3.05) is 83.9 Å². The fourth-order valence-corrected chi connectivity index (χ4v) is 15.7. The van der Waals surface area contributed by atoms with Gasteiger partial charge in [-0.15, -0.1) is 0 Å². The molecule has 1 aromatic rings. The monoisotopic (exact) mass is 1730 g/mol. The molecule has 15 unspecified atom stereocenters. The van der Waals surface area contributed by atoms with E-state index in [-0.39, 0.29) is 18.0 Å². The number of phosphoric acid groups is 1. The van der Waals surface area contributed by atoms with Crippen molar-refractivity contribution >= 4 is 43.2 Å². The summed E-state index contributed by atoms with van der Waals surface area (Å²) in [6.45, 7) is -8.15. The molecule has 23 heterocycles. The van der Waals surface area contributed by atoms with E-state index in [1.165, 1.54) is 14.0 Å². The first kappa shape index (κ1) is 94.2. The lowest BCUT2D eigenvalue weighted by atomic mass is 9.94. The van der Waals surface area contributed by atoms with Crippen LogP contribution in [-0.4, -0.2) is 452 Å². The Morgan fingerprint density at radius 2 is 0.879 bits per heavy atom. The second-order valence-electron chi connectivity index (χ2n) is 28.0.